The minimum absolute atomic E-state index is 0.148. The highest BCUT2D eigenvalue weighted by Crippen LogP contribution is 2.47. The molecule has 20 heavy (non-hydrogen) atoms. The first-order valence-electron chi connectivity index (χ1n) is 8.25. The molecule has 2 fully saturated rings. The molecule has 2 saturated carbocycles. The average molecular weight is 292 g/mol. The Bertz CT molecular complexity index is 452. The predicted octanol–water partition coefficient (Wildman–Crippen LogP) is 5.26. The molecule has 0 aliphatic heterocycles. The summed E-state index contributed by atoms with van der Waals surface area (Å²) >= 11 is 6.20. The summed E-state index contributed by atoms with van der Waals surface area (Å²) in [4.78, 5) is 0. The van der Waals surface area contributed by atoms with Crippen molar-refractivity contribution in [1.82, 2.24) is 0 Å². The van der Waals surface area contributed by atoms with Gasteiger partial charge < -0.3 is 5.73 Å². The van der Waals surface area contributed by atoms with Gasteiger partial charge in [0.25, 0.3) is 0 Å². The van der Waals surface area contributed by atoms with Crippen LogP contribution in [0.5, 0.6) is 0 Å². The third kappa shape index (κ3) is 2.76. The van der Waals surface area contributed by atoms with Gasteiger partial charge in [-0.15, -0.1) is 0 Å². The first-order valence-corrected chi connectivity index (χ1v) is 8.63. The molecule has 3 rings (SSSR count). The molecule has 2 atom stereocenters. The van der Waals surface area contributed by atoms with E-state index in [1.165, 1.54) is 56.9 Å². The summed E-state index contributed by atoms with van der Waals surface area (Å²) in [5, 5.41) is 0.820. The molecule has 110 valence electrons. The highest BCUT2D eigenvalue weighted by atomic mass is 35.5. The molecular weight excluding hydrogens is 266 g/mol. The van der Waals surface area contributed by atoms with E-state index in [9.17, 15) is 0 Å². The van der Waals surface area contributed by atoms with Crippen molar-refractivity contribution in [2.24, 2.45) is 17.6 Å². The van der Waals surface area contributed by atoms with Crippen LogP contribution in [0, 0.1) is 11.8 Å². The second-order valence-corrected chi connectivity index (χ2v) is 7.24. The Kier molecular flexibility index (Phi) is 4.37. The fourth-order valence-electron chi connectivity index (χ4n) is 4.55. The summed E-state index contributed by atoms with van der Waals surface area (Å²) in [6.45, 7) is 0. The van der Waals surface area contributed by atoms with Crippen LogP contribution in [0.2, 0.25) is 5.02 Å². The third-order valence-electron chi connectivity index (χ3n) is 5.60. The number of hydrogen-bond donors (Lipinski definition) is 1. The van der Waals surface area contributed by atoms with Crippen LogP contribution in [0.1, 0.15) is 63.4 Å². The van der Waals surface area contributed by atoms with E-state index in [0.717, 1.165) is 17.4 Å². The molecule has 2 N–H and O–H groups in total. The summed E-state index contributed by atoms with van der Waals surface area (Å²) in [6.07, 6.45) is 12.0. The molecule has 0 amide bonds. The van der Waals surface area contributed by atoms with Crippen molar-refractivity contribution in [1.29, 1.82) is 0 Å². The van der Waals surface area contributed by atoms with E-state index >= 15 is 0 Å². The molecule has 2 unspecified atom stereocenters. The first-order chi connectivity index (χ1) is 9.70. The van der Waals surface area contributed by atoms with Crippen molar-refractivity contribution >= 4 is 11.6 Å². The second-order valence-electron chi connectivity index (χ2n) is 6.80. The molecule has 0 heterocycles. The lowest BCUT2D eigenvalue weighted by atomic mass is 9.62. The Balaban J connectivity index is 1.90. The van der Waals surface area contributed by atoms with Crippen LogP contribution >= 0.6 is 11.6 Å². The van der Waals surface area contributed by atoms with Crippen LogP contribution in [0.3, 0.4) is 0 Å². The summed E-state index contributed by atoms with van der Waals surface area (Å²) in [5.41, 5.74) is 8.08. The second kappa shape index (κ2) is 6.07. The van der Waals surface area contributed by atoms with Crippen molar-refractivity contribution in [2.75, 3.05) is 0 Å². The largest absolute Gasteiger partial charge is 0.321 e. The number of rotatable bonds is 2. The molecule has 1 nitrogen and oxygen atoms in total. The molecule has 0 saturated heterocycles. The molecule has 1 aromatic carbocycles. The van der Waals surface area contributed by atoms with Gasteiger partial charge in [-0.3, -0.25) is 0 Å². The van der Waals surface area contributed by atoms with Gasteiger partial charge in [-0.1, -0.05) is 68.7 Å². The van der Waals surface area contributed by atoms with Crippen LogP contribution in [-0.4, -0.2) is 0 Å². The van der Waals surface area contributed by atoms with Crippen LogP contribution in [0.15, 0.2) is 24.3 Å². The maximum absolute atomic E-state index is 6.97. The quantitative estimate of drug-likeness (QED) is 0.790. The molecule has 2 aliphatic rings. The summed E-state index contributed by atoms with van der Waals surface area (Å²) in [7, 11) is 0. The molecule has 1 aromatic rings. The fourth-order valence-corrected chi connectivity index (χ4v) is 4.74. The fraction of sp³-hybridized carbons (Fsp3) is 0.667. The molecule has 0 aromatic heterocycles. The van der Waals surface area contributed by atoms with E-state index in [4.69, 9.17) is 17.3 Å². The van der Waals surface area contributed by atoms with Crippen molar-refractivity contribution in [3.05, 3.63) is 34.9 Å². The van der Waals surface area contributed by atoms with Crippen LogP contribution in [0.25, 0.3) is 0 Å². The molecule has 0 bridgehead atoms. The van der Waals surface area contributed by atoms with Crippen LogP contribution < -0.4 is 5.73 Å². The van der Waals surface area contributed by atoms with Crippen LogP contribution in [-0.2, 0) is 5.54 Å². The van der Waals surface area contributed by atoms with Gasteiger partial charge in [0.15, 0.2) is 0 Å². The van der Waals surface area contributed by atoms with E-state index in [2.05, 4.69) is 18.2 Å². The predicted molar refractivity (Wildman–Crippen MR) is 85.9 cm³/mol. The van der Waals surface area contributed by atoms with Gasteiger partial charge >= 0.3 is 0 Å². The lowest BCUT2D eigenvalue weighted by molar-refractivity contribution is 0.0986. The Morgan fingerprint density at radius 3 is 2.50 bits per heavy atom. The zero-order valence-corrected chi connectivity index (χ0v) is 13.0. The normalized spacial score (nSPS) is 32.2. The zero-order valence-electron chi connectivity index (χ0n) is 12.3. The minimum Gasteiger partial charge on any atom is -0.321 e. The van der Waals surface area contributed by atoms with E-state index in [1.807, 2.05) is 6.07 Å². The Morgan fingerprint density at radius 1 is 1.00 bits per heavy atom. The van der Waals surface area contributed by atoms with E-state index in [0.29, 0.717) is 5.92 Å². The number of nitrogens with two attached hydrogens (primary N) is 1. The number of halogens is 1. The molecule has 2 aliphatic carbocycles. The zero-order chi connectivity index (χ0) is 14.0. The van der Waals surface area contributed by atoms with Gasteiger partial charge in [0.1, 0.15) is 0 Å². The van der Waals surface area contributed by atoms with Gasteiger partial charge in [-0.25, -0.2) is 0 Å². The SMILES string of the molecule is NC1(c2cccc(Cl)c2)CCCCC1C1CCCCC1. The Morgan fingerprint density at radius 2 is 1.75 bits per heavy atom. The summed E-state index contributed by atoms with van der Waals surface area (Å²) in [5.74, 6) is 1.48. The van der Waals surface area contributed by atoms with Crippen molar-refractivity contribution in [3.8, 4) is 0 Å². The van der Waals surface area contributed by atoms with Gasteiger partial charge in [0.05, 0.1) is 0 Å². The van der Waals surface area contributed by atoms with E-state index < -0.39 is 0 Å². The monoisotopic (exact) mass is 291 g/mol. The van der Waals surface area contributed by atoms with Gasteiger partial charge in [-0.2, -0.15) is 0 Å². The average Bonchev–Trinajstić information content (AvgIpc) is 2.49. The molecule has 0 radical (unpaired) electrons. The standard InChI is InChI=1S/C18H26ClN/c19-16-10-6-9-15(13-16)18(20)12-5-4-11-17(18)14-7-2-1-3-8-14/h6,9-10,13-14,17H,1-5,7-8,11-12,20H2. The lowest BCUT2D eigenvalue weighted by Gasteiger charge is -2.47. The maximum atomic E-state index is 6.97. The summed E-state index contributed by atoms with van der Waals surface area (Å²) in [6, 6.07) is 8.29. The maximum Gasteiger partial charge on any atom is 0.0441 e. The van der Waals surface area contributed by atoms with Gasteiger partial charge in [-0.05, 0) is 42.4 Å². The van der Waals surface area contributed by atoms with E-state index in [1.54, 1.807) is 0 Å². The Labute approximate surface area is 127 Å². The smallest absolute Gasteiger partial charge is 0.0441 e. The topological polar surface area (TPSA) is 26.0 Å². The van der Waals surface area contributed by atoms with Gasteiger partial charge in [0, 0.05) is 10.6 Å². The summed E-state index contributed by atoms with van der Waals surface area (Å²) < 4.78 is 0. The number of hydrogen-bond acceptors (Lipinski definition) is 1. The highest BCUT2D eigenvalue weighted by molar-refractivity contribution is 6.30. The van der Waals surface area contributed by atoms with Gasteiger partial charge in [0.2, 0.25) is 0 Å². The Hall–Kier alpha value is -0.530. The van der Waals surface area contributed by atoms with E-state index in [-0.39, 0.29) is 5.54 Å². The van der Waals surface area contributed by atoms with Crippen molar-refractivity contribution in [2.45, 2.75) is 63.3 Å². The first kappa shape index (κ1) is 14.4. The minimum atomic E-state index is -0.148. The van der Waals surface area contributed by atoms with Crippen molar-refractivity contribution in [3.63, 3.8) is 0 Å². The molecular formula is C18H26ClN. The lowest BCUT2D eigenvalue weighted by Crippen LogP contribution is -2.49. The highest BCUT2D eigenvalue weighted by Gasteiger charge is 2.42. The third-order valence-corrected chi connectivity index (χ3v) is 5.83. The molecule has 0 spiro atoms. The van der Waals surface area contributed by atoms with Crippen LogP contribution in [0.4, 0.5) is 0 Å². The molecule has 2 heteroatoms. The number of benzene rings is 1. The van der Waals surface area contributed by atoms with Crippen molar-refractivity contribution < 1.29 is 0 Å².